The Kier molecular flexibility index (Phi) is 3.54. The maximum Gasteiger partial charge on any atom is 0.225 e. The van der Waals surface area contributed by atoms with Gasteiger partial charge < -0.3 is 9.32 Å². The molecule has 1 aliphatic heterocycles. The maximum absolute atomic E-state index is 5.49. The number of furan rings is 1. The average molecular weight is 306 g/mol. The van der Waals surface area contributed by atoms with Crippen molar-refractivity contribution in [3.8, 4) is 22.4 Å². The lowest BCUT2D eigenvalue weighted by Gasteiger charge is -2.17. The number of anilines is 1. The van der Waals surface area contributed by atoms with Gasteiger partial charge in [-0.3, -0.25) is 4.98 Å². The van der Waals surface area contributed by atoms with Crippen molar-refractivity contribution in [2.24, 2.45) is 0 Å². The first-order valence-electron chi connectivity index (χ1n) is 7.90. The highest BCUT2D eigenvalue weighted by atomic mass is 16.3. The standard InChI is InChI=1S/C18H18N4O/c1-13-15(6-11-23-13)17-16(14-4-7-19-8-5-14)12-20-18(21-17)22-9-2-3-10-22/h4-8,11-12H,2-3,9-10H2,1H3. The maximum atomic E-state index is 5.49. The molecule has 0 atom stereocenters. The molecular formula is C18H18N4O. The fourth-order valence-electron chi connectivity index (χ4n) is 3.02. The third-order valence-electron chi connectivity index (χ3n) is 4.27. The predicted octanol–water partition coefficient (Wildman–Crippen LogP) is 3.71. The van der Waals surface area contributed by atoms with E-state index >= 15 is 0 Å². The first-order chi connectivity index (χ1) is 11.3. The van der Waals surface area contributed by atoms with Crippen LogP contribution in [-0.2, 0) is 0 Å². The largest absolute Gasteiger partial charge is 0.469 e. The summed E-state index contributed by atoms with van der Waals surface area (Å²) in [6.45, 7) is 4.01. The summed E-state index contributed by atoms with van der Waals surface area (Å²) < 4.78 is 5.49. The van der Waals surface area contributed by atoms with Gasteiger partial charge in [-0.2, -0.15) is 0 Å². The first-order valence-corrected chi connectivity index (χ1v) is 7.90. The third kappa shape index (κ3) is 2.59. The Balaban J connectivity index is 1.87. The van der Waals surface area contributed by atoms with E-state index in [-0.39, 0.29) is 0 Å². The molecule has 116 valence electrons. The molecule has 0 aromatic carbocycles. The van der Waals surface area contributed by atoms with E-state index < -0.39 is 0 Å². The van der Waals surface area contributed by atoms with Crippen LogP contribution >= 0.6 is 0 Å². The highest BCUT2D eigenvalue weighted by Crippen LogP contribution is 2.33. The third-order valence-corrected chi connectivity index (χ3v) is 4.27. The van der Waals surface area contributed by atoms with Crippen LogP contribution in [0.15, 0.2) is 47.5 Å². The summed E-state index contributed by atoms with van der Waals surface area (Å²) in [6, 6.07) is 5.93. The van der Waals surface area contributed by atoms with Gasteiger partial charge in [0, 0.05) is 42.8 Å². The molecule has 1 aliphatic rings. The number of pyridine rings is 1. The van der Waals surface area contributed by atoms with Crippen LogP contribution < -0.4 is 4.90 Å². The number of hydrogen-bond acceptors (Lipinski definition) is 5. The van der Waals surface area contributed by atoms with E-state index in [4.69, 9.17) is 9.40 Å². The molecule has 0 radical (unpaired) electrons. The second-order valence-corrected chi connectivity index (χ2v) is 5.75. The van der Waals surface area contributed by atoms with E-state index in [1.54, 1.807) is 18.7 Å². The average Bonchev–Trinajstić information content (AvgIpc) is 3.27. The predicted molar refractivity (Wildman–Crippen MR) is 89.1 cm³/mol. The summed E-state index contributed by atoms with van der Waals surface area (Å²) in [5.74, 6) is 1.67. The number of rotatable bonds is 3. The highest BCUT2D eigenvalue weighted by molar-refractivity contribution is 5.81. The van der Waals surface area contributed by atoms with Crippen LogP contribution in [0, 0.1) is 6.92 Å². The summed E-state index contributed by atoms with van der Waals surface area (Å²) >= 11 is 0. The second kappa shape index (κ2) is 5.83. The summed E-state index contributed by atoms with van der Waals surface area (Å²) in [6.07, 6.45) is 9.60. The minimum atomic E-state index is 0.802. The lowest BCUT2D eigenvalue weighted by atomic mass is 10.0. The molecule has 1 saturated heterocycles. The quantitative estimate of drug-likeness (QED) is 0.738. The van der Waals surface area contributed by atoms with Gasteiger partial charge in [0.05, 0.1) is 12.0 Å². The zero-order valence-corrected chi connectivity index (χ0v) is 13.1. The zero-order valence-electron chi connectivity index (χ0n) is 13.1. The van der Waals surface area contributed by atoms with Crippen LogP contribution in [0.2, 0.25) is 0 Å². The van der Waals surface area contributed by atoms with Crippen molar-refractivity contribution in [3.63, 3.8) is 0 Å². The smallest absolute Gasteiger partial charge is 0.225 e. The van der Waals surface area contributed by atoms with Crippen LogP contribution in [0.4, 0.5) is 5.95 Å². The van der Waals surface area contributed by atoms with Crippen LogP contribution in [0.3, 0.4) is 0 Å². The molecule has 1 fully saturated rings. The fraction of sp³-hybridized carbons (Fsp3) is 0.278. The number of hydrogen-bond donors (Lipinski definition) is 0. The Hall–Kier alpha value is -2.69. The monoisotopic (exact) mass is 306 g/mol. The zero-order chi connectivity index (χ0) is 15.6. The van der Waals surface area contributed by atoms with Gasteiger partial charge in [0.1, 0.15) is 5.76 Å². The van der Waals surface area contributed by atoms with Gasteiger partial charge in [-0.05, 0) is 43.5 Å². The van der Waals surface area contributed by atoms with Gasteiger partial charge in [0.15, 0.2) is 0 Å². The molecular weight excluding hydrogens is 288 g/mol. The molecule has 4 heterocycles. The van der Waals surface area contributed by atoms with Crippen molar-refractivity contribution >= 4 is 5.95 Å². The molecule has 23 heavy (non-hydrogen) atoms. The number of aromatic nitrogens is 3. The molecule has 4 rings (SSSR count). The molecule has 0 aliphatic carbocycles. The van der Waals surface area contributed by atoms with Gasteiger partial charge in [-0.15, -0.1) is 0 Å². The van der Waals surface area contributed by atoms with Gasteiger partial charge in [-0.25, -0.2) is 9.97 Å². The highest BCUT2D eigenvalue weighted by Gasteiger charge is 2.19. The lowest BCUT2D eigenvalue weighted by Crippen LogP contribution is -2.20. The van der Waals surface area contributed by atoms with E-state index in [1.165, 1.54) is 12.8 Å². The van der Waals surface area contributed by atoms with Crippen molar-refractivity contribution in [3.05, 3.63) is 48.8 Å². The summed E-state index contributed by atoms with van der Waals surface area (Å²) in [5.41, 5.74) is 3.99. The van der Waals surface area contributed by atoms with E-state index in [2.05, 4.69) is 14.9 Å². The van der Waals surface area contributed by atoms with E-state index in [9.17, 15) is 0 Å². The molecule has 0 amide bonds. The molecule has 0 saturated carbocycles. The van der Waals surface area contributed by atoms with E-state index in [1.807, 2.05) is 31.3 Å². The summed E-state index contributed by atoms with van der Waals surface area (Å²) in [7, 11) is 0. The number of nitrogens with zero attached hydrogens (tertiary/aromatic N) is 4. The van der Waals surface area contributed by atoms with Gasteiger partial charge in [0.2, 0.25) is 5.95 Å². The van der Waals surface area contributed by atoms with Gasteiger partial charge >= 0.3 is 0 Å². The normalized spacial score (nSPS) is 14.4. The lowest BCUT2D eigenvalue weighted by molar-refractivity contribution is 0.535. The summed E-state index contributed by atoms with van der Waals surface area (Å²) in [5, 5.41) is 0. The van der Waals surface area contributed by atoms with Gasteiger partial charge in [-0.1, -0.05) is 0 Å². The van der Waals surface area contributed by atoms with Crippen molar-refractivity contribution < 1.29 is 4.42 Å². The Labute approximate surface area is 135 Å². The molecule has 5 nitrogen and oxygen atoms in total. The SMILES string of the molecule is Cc1occc1-c1nc(N2CCCC2)ncc1-c1ccncc1. The molecule has 0 N–H and O–H groups in total. The van der Waals surface area contributed by atoms with Crippen molar-refractivity contribution in [1.29, 1.82) is 0 Å². The number of aryl methyl sites for hydroxylation is 1. The Morgan fingerprint density at radius 2 is 1.83 bits per heavy atom. The molecule has 3 aromatic heterocycles. The van der Waals surface area contributed by atoms with Crippen LogP contribution in [0.25, 0.3) is 22.4 Å². The van der Waals surface area contributed by atoms with E-state index in [0.717, 1.165) is 47.2 Å². The summed E-state index contributed by atoms with van der Waals surface area (Å²) in [4.78, 5) is 15.8. The molecule has 5 heteroatoms. The molecule has 0 bridgehead atoms. The Morgan fingerprint density at radius 1 is 1.04 bits per heavy atom. The molecule has 3 aromatic rings. The van der Waals surface area contributed by atoms with Crippen molar-refractivity contribution in [2.45, 2.75) is 19.8 Å². The second-order valence-electron chi connectivity index (χ2n) is 5.75. The van der Waals surface area contributed by atoms with Crippen LogP contribution in [-0.4, -0.2) is 28.0 Å². The molecule has 0 spiro atoms. The first kappa shape index (κ1) is 13.9. The van der Waals surface area contributed by atoms with Crippen LogP contribution in [0.5, 0.6) is 0 Å². The Bertz CT molecular complexity index is 807. The van der Waals surface area contributed by atoms with Gasteiger partial charge in [0.25, 0.3) is 0 Å². The molecule has 0 unspecified atom stereocenters. The minimum absolute atomic E-state index is 0.802. The Morgan fingerprint density at radius 3 is 2.52 bits per heavy atom. The van der Waals surface area contributed by atoms with Crippen molar-refractivity contribution in [2.75, 3.05) is 18.0 Å². The van der Waals surface area contributed by atoms with Crippen LogP contribution in [0.1, 0.15) is 18.6 Å². The van der Waals surface area contributed by atoms with Crippen molar-refractivity contribution in [1.82, 2.24) is 15.0 Å². The fourth-order valence-corrected chi connectivity index (χ4v) is 3.02. The topological polar surface area (TPSA) is 55.1 Å². The minimum Gasteiger partial charge on any atom is -0.469 e. The van der Waals surface area contributed by atoms with E-state index in [0.29, 0.717) is 0 Å².